The third-order valence-electron chi connectivity index (χ3n) is 4.86. The molecule has 0 amide bonds. The van der Waals surface area contributed by atoms with Gasteiger partial charge >= 0.3 is 0 Å². The summed E-state index contributed by atoms with van der Waals surface area (Å²) in [5, 5.41) is 3.21. The van der Waals surface area contributed by atoms with Crippen molar-refractivity contribution in [2.75, 3.05) is 19.0 Å². The Morgan fingerprint density at radius 3 is 2.81 bits per heavy atom. The molecule has 116 valence electrons. The number of rotatable bonds is 4. The quantitative estimate of drug-likeness (QED) is 0.889. The minimum Gasteiger partial charge on any atom is -0.384 e. The Balaban J connectivity index is 1.79. The highest BCUT2D eigenvalue weighted by Gasteiger charge is 2.50. The van der Waals surface area contributed by atoms with Gasteiger partial charge in [-0.2, -0.15) is 0 Å². The van der Waals surface area contributed by atoms with Gasteiger partial charge in [-0.1, -0.05) is 19.9 Å². The van der Waals surface area contributed by atoms with Crippen LogP contribution >= 0.6 is 0 Å². The normalized spacial score (nSPS) is 26.8. The van der Waals surface area contributed by atoms with Crippen molar-refractivity contribution in [3.63, 3.8) is 0 Å². The van der Waals surface area contributed by atoms with Gasteiger partial charge in [-0.3, -0.25) is 0 Å². The number of fused-ring (bicyclic) bond motifs is 1. The number of nitrogens with one attached hydrogen (secondary N) is 2. The topological polar surface area (TPSA) is 67.4 Å². The van der Waals surface area contributed by atoms with Crippen LogP contribution in [0.25, 0.3) is 0 Å². The molecule has 0 aromatic heterocycles. The largest absolute Gasteiger partial charge is 0.384 e. The van der Waals surface area contributed by atoms with Gasteiger partial charge in [0.15, 0.2) is 0 Å². The summed E-state index contributed by atoms with van der Waals surface area (Å²) in [7, 11) is -1.82. The molecule has 1 aromatic carbocycles. The molecule has 2 atom stereocenters. The van der Waals surface area contributed by atoms with Crippen molar-refractivity contribution in [2.24, 2.45) is 5.41 Å². The fraction of sp³-hybridized carbons (Fsp3) is 0.600. The molecule has 2 aliphatic rings. The van der Waals surface area contributed by atoms with Crippen LogP contribution in [0.15, 0.2) is 23.1 Å². The summed E-state index contributed by atoms with van der Waals surface area (Å²) in [5.74, 6) is 0. The Bertz CT molecular complexity index is 655. The van der Waals surface area contributed by atoms with E-state index in [1.165, 1.54) is 5.56 Å². The average molecular weight is 310 g/mol. The molecule has 1 aromatic rings. The van der Waals surface area contributed by atoms with Gasteiger partial charge in [-0.05, 0) is 30.5 Å². The summed E-state index contributed by atoms with van der Waals surface area (Å²) in [6.07, 6.45) is 1.77. The first kappa shape index (κ1) is 14.8. The maximum Gasteiger partial charge on any atom is 0.240 e. The second-order valence-corrected chi connectivity index (χ2v) is 8.16. The van der Waals surface area contributed by atoms with Crippen LogP contribution < -0.4 is 10.0 Å². The highest BCUT2D eigenvalue weighted by atomic mass is 32.2. The van der Waals surface area contributed by atoms with E-state index in [1.54, 1.807) is 19.2 Å². The smallest absolute Gasteiger partial charge is 0.240 e. The maximum atomic E-state index is 12.5. The molecular formula is C15H22N2O3S. The summed E-state index contributed by atoms with van der Waals surface area (Å²) < 4.78 is 33.3. The first-order chi connectivity index (χ1) is 9.84. The van der Waals surface area contributed by atoms with Crippen LogP contribution in [0.2, 0.25) is 0 Å². The molecule has 21 heavy (non-hydrogen) atoms. The predicted octanol–water partition coefficient (Wildman–Crippen LogP) is 1.75. The van der Waals surface area contributed by atoms with Crippen molar-refractivity contribution in [3.8, 4) is 0 Å². The number of benzene rings is 1. The minimum absolute atomic E-state index is 0.0892. The van der Waals surface area contributed by atoms with E-state index in [4.69, 9.17) is 4.74 Å². The Morgan fingerprint density at radius 1 is 1.38 bits per heavy atom. The van der Waals surface area contributed by atoms with Crippen molar-refractivity contribution in [3.05, 3.63) is 23.8 Å². The molecule has 2 N–H and O–H groups in total. The van der Waals surface area contributed by atoms with Crippen molar-refractivity contribution in [2.45, 2.75) is 43.7 Å². The Labute approximate surface area is 126 Å². The van der Waals surface area contributed by atoms with Crippen LogP contribution in [0.4, 0.5) is 5.69 Å². The average Bonchev–Trinajstić information content (AvgIpc) is 2.90. The van der Waals surface area contributed by atoms with Crippen LogP contribution in [0.5, 0.6) is 0 Å². The van der Waals surface area contributed by atoms with Gasteiger partial charge in [0.05, 0.1) is 11.0 Å². The Morgan fingerprint density at radius 2 is 2.14 bits per heavy atom. The highest BCUT2D eigenvalue weighted by Crippen LogP contribution is 2.43. The third kappa shape index (κ3) is 2.45. The number of methoxy groups -OCH3 is 1. The van der Waals surface area contributed by atoms with E-state index in [-0.39, 0.29) is 17.6 Å². The molecule has 3 rings (SSSR count). The molecule has 1 aliphatic carbocycles. The second kappa shape index (κ2) is 4.97. The van der Waals surface area contributed by atoms with Crippen LogP contribution in [0, 0.1) is 5.41 Å². The molecule has 0 bridgehead atoms. The molecule has 0 radical (unpaired) electrons. The van der Waals surface area contributed by atoms with Gasteiger partial charge < -0.3 is 10.1 Å². The van der Waals surface area contributed by atoms with Gasteiger partial charge in [0.25, 0.3) is 0 Å². The molecular weight excluding hydrogens is 288 g/mol. The van der Waals surface area contributed by atoms with E-state index in [2.05, 4.69) is 10.0 Å². The maximum absolute atomic E-state index is 12.5. The molecule has 0 saturated heterocycles. The number of ether oxygens (including phenoxy) is 1. The van der Waals surface area contributed by atoms with Crippen LogP contribution in [0.3, 0.4) is 0 Å². The highest BCUT2D eigenvalue weighted by molar-refractivity contribution is 7.89. The molecule has 1 fully saturated rings. The number of hydrogen-bond donors (Lipinski definition) is 2. The van der Waals surface area contributed by atoms with Crippen LogP contribution in [-0.4, -0.2) is 34.2 Å². The summed E-state index contributed by atoms with van der Waals surface area (Å²) in [6, 6.07) is 5.22. The van der Waals surface area contributed by atoms with Gasteiger partial charge in [0.2, 0.25) is 10.0 Å². The summed E-state index contributed by atoms with van der Waals surface area (Å²) in [4.78, 5) is 0.326. The lowest BCUT2D eigenvalue weighted by Crippen LogP contribution is -2.61. The molecule has 1 heterocycles. The van der Waals surface area contributed by atoms with Gasteiger partial charge in [0.1, 0.15) is 0 Å². The minimum atomic E-state index is -3.49. The Kier molecular flexibility index (Phi) is 3.50. The van der Waals surface area contributed by atoms with Crippen molar-refractivity contribution >= 4 is 15.7 Å². The molecule has 0 spiro atoms. The predicted molar refractivity (Wildman–Crippen MR) is 81.9 cm³/mol. The van der Waals surface area contributed by atoms with Crippen molar-refractivity contribution in [1.29, 1.82) is 0 Å². The monoisotopic (exact) mass is 310 g/mol. The van der Waals surface area contributed by atoms with E-state index in [0.717, 1.165) is 18.7 Å². The van der Waals surface area contributed by atoms with E-state index in [9.17, 15) is 8.42 Å². The lowest BCUT2D eigenvalue weighted by molar-refractivity contribution is -0.0908. The van der Waals surface area contributed by atoms with Gasteiger partial charge in [-0.15, -0.1) is 0 Å². The van der Waals surface area contributed by atoms with E-state index in [0.29, 0.717) is 11.3 Å². The first-order valence-electron chi connectivity index (χ1n) is 7.26. The summed E-state index contributed by atoms with van der Waals surface area (Å²) in [5.41, 5.74) is 1.93. The zero-order chi connectivity index (χ0) is 15.3. The molecule has 1 aliphatic heterocycles. The van der Waals surface area contributed by atoms with Gasteiger partial charge in [-0.25, -0.2) is 13.1 Å². The summed E-state index contributed by atoms with van der Waals surface area (Å²) in [6.45, 7) is 4.93. The Hall–Kier alpha value is -1.11. The number of sulfonamides is 1. The van der Waals surface area contributed by atoms with Crippen molar-refractivity contribution in [1.82, 2.24) is 4.72 Å². The van der Waals surface area contributed by atoms with E-state index in [1.807, 2.05) is 19.9 Å². The number of hydrogen-bond acceptors (Lipinski definition) is 4. The first-order valence-corrected chi connectivity index (χ1v) is 8.75. The lowest BCUT2D eigenvalue weighted by Gasteiger charge is -2.50. The van der Waals surface area contributed by atoms with E-state index < -0.39 is 10.0 Å². The van der Waals surface area contributed by atoms with Crippen LogP contribution in [-0.2, 0) is 21.2 Å². The fourth-order valence-electron chi connectivity index (χ4n) is 3.18. The van der Waals surface area contributed by atoms with Crippen LogP contribution in [0.1, 0.15) is 25.8 Å². The zero-order valence-electron chi connectivity index (χ0n) is 12.6. The third-order valence-corrected chi connectivity index (χ3v) is 6.33. The van der Waals surface area contributed by atoms with E-state index >= 15 is 0 Å². The molecule has 2 unspecified atom stereocenters. The SMILES string of the molecule is COC1CC(NS(=O)(=O)c2ccc3c(c2)NCC3)C1(C)C. The second-order valence-electron chi connectivity index (χ2n) is 6.45. The zero-order valence-corrected chi connectivity index (χ0v) is 13.5. The van der Waals surface area contributed by atoms with Crippen molar-refractivity contribution < 1.29 is 13.2 Å². The molecule has 6 heteroatoms. The summed E-state index contributed by atoms with van der Waals surface area (Å²) >= 11 is 0. The standard InChI is InChI=1S/C15H22N2O3S/c1-15(2)13(9-14(15)20-3)17-21(18,19)11-5-4-10-6-7-16-12(10)8-11/h4-5,8,13-14,16-17H,6-7,9H2,1-3H3. The number of anilines is 1. The molecule has 5 nitrogen and oxygen atoms in total. The fourth-order valence-corrected chi connectivity index (χ4v) is 4.61. The lowest BCUT2D eigenvalue weighted by atomic mass is 9.65. The molecule has 1 saturated carbocycles. The van der Waals surface area contributed by atoms with Gasteiger partial charge in [0, 0.05) is 30.8 Å².